The molecule has 0 saturated carbocycles. The first-order valence-electron chi connectivity index (χ1n) is 8.96. The lowest BCUT2D eigenvalue weighted by Crippen LogP contribution is -2.04. The van der Waals surface area contributed by atoms with Crippen LogP contribution in [0.5, 0.6) is 0 Å². The minimum absolute atomic E-state index is 0.390. The molecule has 3 aromatic carbocycles. The van der Waals surface area contributed by atoms with Gasteiger partial charge in [-0.05, 0) is 34.0 Å². The van der Waals surface area contributed by atoms with E-state index >= 15 is 0 Å². The molecule has 0 radical (unpaired) electrons. The summed E-state index contributed by atoms with van der Waals surface area (Å²) in [6.45, 7) is 2.27. The molecule has 0 saturated heterocycles. The molecule has 0 N–H and O–H groups in total. The summed E-state index contributed by atoms with van der Waals surface area (Å²) in [4.78, 5) is 0. The van der Waals surface area contributed by atoms with E-state index in [-0.39, 0.29) is 0 Å². The highest BCUT2D eigenvalue weighted by atomic mass is 31.0. The van der Waals surface area contributed by atoms with Gasteiger partial charge in [-0.2, -0.15) is 0 Å². The van der Waals surface area contributed by atoms with E-state index < -0.39 is 0 Å². The van der Waals surface area contributed by atoms with E-state index in [0.717, 1.165) is 12.8 Å². The summed E-state index contributed by atoms with van der Waals surface area (Å²) in [7, 11) is 3.01. The highest BCUT2D eigenvalue weighted by molar-refractivity contribution is 7.32. The summed E-state index contributed by atoms with van der Waals surface area (Å²) in [6, 6.07) is 32.4. The summed E-state index contributed by atoms with van der Waals surface area (Å²) in [5, 5.41) is 1.29. The van der Waals surface area contributed by atoms with E-state index in [4.69, 9.17) is 0 Å². The van der Waals surface area contributed by atoms with Gasteiger partial charge < -0.3 is 0 Å². The number of allylic oxidation sites excluding steroid dienone is 1. The van der Waals surface area contributed by atoms with Crippen molar-refractivity contribution in [1.29, 1.82) is 0 Å². The molecular weight excluding hydrogens is 319 g/mol. The van der Waals surface area contributed by atoms with E-state index in [1.807, 2.05) is 0 Å². The van der Waals surface area contributed by atoms with Crippen molar-refractivity contribution in [3.8, 4) is 0 Å². The maximum Gasteiger partial charge on any atom is 0.0101 e. The largest absolute Gasteiger partial charge is 0.105 e. The first kappa shape index (κ1) is 17.6. The van der Waals surface area contributed by atoms with Crippen molar-refractivity contribution in [2.75, 3.05) is 0 Å². The van der Waals surface area contributed by atoms with Gasteiger partial charge in [0.05, 0.1) is 0 Å². The van der Waals surface area contributed by atoms with E-state index in [1.54, 1.807) is 0 Å². The fourth-order valence-corrected chi connectivity index (χ4v) is 3.95. The normalized spacial score (nSPS) is 13.2. The van der Waals surface area contributed by atoms with Crippen molar-refractivity contribution in [2.24, 2.45) is 0 Å². The van der Waals surface area contributed by atoms with Crippen LogP contribution in [0.25, 0.3) is 10.9 Å². The van der Waals surface area contributed by atoms with Crippen LogP contribution >= 0.6 is 9.24 Å². The Balaban J connectivity index is 2.20. The quantitative estimate of drug-likeness (QED) is 0.333. The number of rotatable bonds is 6. The van der Waals surface area contributed by atoms with Crippen molar-refractivity contribution in [3.05, 3.63) is 108 Å². The highest BCUT2D eigenvalue weighted by Crippen LogP contribution is 2.43. The average molecular weight is 344 g/mol. The maximum absolute atomic E-state index is 3.01. The lowest BCUT2D eigenvalue weighted by atomic mass is 9.82. The van der Waals surface area contributed by atoms with Crippen LogP contribution in [0.4, 0.5) is 0 Å². The third kappa shape index (κ3) is 4.27. The molecule has 2 atom stereocenters. The highest BCUT2D eigenvalue weighted by Gasteiger charge is 2.20. The summed E-state index contributed by atoms with van der Waals surface area (Å²) in [5.41, 5.74) is 5.37. The molecule has 0 fully saturated rings. The fourth-order valence-electron chi connectivity index (χ4n) is 3.39. The van der Waals surface area contributed by atoms with Crippen molar-refractivity contribution >= 4 is 20.1 Å². The van der Waals surface area contributed by atoms with Crippen LogP contribution in [0.3, 0.4) is 0 Å². The van der Waals surface area contributed by atoms with Crippen LogP contribution in [0.2, 0.25) is 0 Å². The first-order valence-corrected chi connectivity index (χ1v) is 9.54. The van der Waals surface area contributed by atoms with Crippen LogP contribution in [0.1, 0.15) is 42.4 Å². The predicted octanol–water partition coefficient (Wildman–Crippen LogP) is 7.01. The van der Waals surface area contributed by atoms with Crippen molar-refractivity contribution in [3.63, 3.8) is 0 Å². The van der Waals surface area contributed by atoms with Crippen molar-refractivity contribution in [1.82, 2.24) is 0 Å². The average Bonchev–Trinajstić information content (AvgIpc) is 2.69. The zero-order valence-electron chi connectivity index (χ0n) is 14.7. The topological polar surface area (TPSA) is 0 Å². The zero-order valence-corrected chi connectivity index (χ0v) is 15.9. The van der Waals surface area contributed by atoms with Gasteiger partial charge in [0.15, 0.2) is 0 Å². The number of benzene rings is 3. The van der Waals surface area contributed by atoms with Gasteiger partial charge in [0.1, 0.15) is 0 Å². The van der Waals surface area contributed by atoms with Crippen LogP contribution in [-0.4, -0.2) is 0 Å². The second-order valence-corrected chi connectivity index (χ2v) is 6.89. The minimum atomic E-state index is 0.390. The minimum Gasteiger partial charge on any atom is -0.105 e. The van der Waals surface area contributed by atoms with E-state index in [2.05, 4.69) is 107 Å². The molecule has 0 nitrogen and oxygen atoms in total. The summed E-state index contributed by atoms with van der Waals surface area (Å²) in [6.07, 6.45) is 2.29. The smallest absolute Gasteiger partial charge is 0.0101 e. The number of hydrogen-bond acceptors (Lipinski definition) is 0. The van der Waals surface area contributed by atoms with Gasteiger partial charge in [-0.3, -0.25) is 0 Å². The summed E-state index contributed by atoms with van der Waals surface area (Å²) >= 11 is 0. The predicted molar refractivity (Wildman–Crippen MR) is 113 cm³/mol. The Morgan fingerprint density at radius 2 is 1.20 bits per heavy atom. The summed E-state index contributed by atoms with van der Waals surface area (Å²) in [5.74, 6) is 0.390. The van der Waals surface area contributed by atoms with Gasteiger partial charge >= 0.3 is 0 Å². The molecule has 2 unspecified atom stereocenters. The third-order valence-electron chi connectivity index (χ3n) is 4.59. The van der Waals surface area contributed by atoms with Gasteiger partial charge in [0.25, 0.3) is 0 Å². The van der Waals surface area contributed by atoms with E-state index in [0.29, 0.717) is 5.92 Å². The van der Waals surface area contributed by atoms with Gasteiger partial charge in [-0.1, -0.05) is 104 Å². The molecule has 0 aliphatic rings. The standard InChI is InChI=1S/C24H25P/c1-2-12-22(19-13-6-3-7-14-19)23(20-15-8-4-9-16-20)24(25)21-17-10-5-11-18-21/h3-11,13-18,22H,2,12,25H2,1H3. The Hall–Kier alpha value is -2.17. The van der Waals surface area contributed by atoms with Crippen molar-refractivity contribution in [2.45, 2.75) is 25.7 Å². The van der Waals surface area contributed by atoms with Crippen LogP contribution in [0.15, 0.2) is 91.0 Å². The van der Waals surface area contributed by atoms with Gasteiger partial charge in [0, 0.05) is 5.92 Å². The third-order valence-corrected chi connectivity index (χ3v) is 5.23. The molecule has 0 aliphatic carbocycles. The lowest BCUT2D eigenvalue weighted by Gasteiger charge is -2.24. The van der Waals surface area contributed by atoms with Gasteiger partial charge in [0.2, 0.25) is 0 Å². The van der Waals surface area contributed by atoms with Crippen LogP contribution in [-0.2, 0) is 0 Å². The molecule has 25 heavy (non-hydrogen) atoms. The molecule has 3 aromatic rings. The Morgan fingerprint density at radius 1 is 0.720 bits per heavy atom. The Bertz CT molecular complexity index is 804. The van der Waals surface area contributed by atoms with Gasteiger partial charge in [-0.25, -0.2) is 0 Å². The summed E-state index contributed by atoms with van der Waals surface area (Å²) < 4.78 is 0. The van der Waals surface area contributed by atoms with Gasteiger partial charge in [-0.15, -0.1) is 9.24 Å². The Morgan fingerprint density at radius 3 is 1.72 bits per heavy atom. The molecule has 1 heteroatoms. The van der Waals surface area contributed by atoms with Crippen LogP contribution in [0, 0.1) is 0 Å². The Labute approximate surface area is 153 Å². The molecule has 0 aliphatic heterocycles. The molecule has 0 spiro atoms. The molecule has 0 amide bonds. The van der Waals surface area contributed by atoms with E-state index in [9.17, 15) is 0 Å². The van der Waals surface area contributed by atoms with Crippen LogP contribution < -0.4 is 0 Å². The molecule has 0 bridgehead atoms. The maximum atomic E-state index is 3.01. The molecule has 0 aromatic heterocycles. The molecule has 126 valence electrons. The lowest BCUT2D eigenvalue weighted by molar-refractivity contribution is 0.731. The molecular formula is C24H25P. The van der Waals surface area contributed by atoms with E-state index in [1.165, 1.54) is 27.6 Å². The molecule has 0 heterocycles. The second-order valence-electron chi connectivity index (χ2n) is 6.31. The second kappa shape index (κ2) is 8.79. The Kier molecular flexibility index (Phi) is 6.20. The number of hydrogen-bond donors (Lipinski definition) is 0. The SMILES string of the molecule is CCCC(C(=C(P)c1ccccc1)c1ccccc1)c1ccccc1. The molecule has 3 rings (SSSR count). The van der Waals surface area contributed by atoms with Crippen molar-refractivity contribution < 1.29 is 0 Å². The monoisotopic (exact) mass is 344 g/mol. The fraction of sp³-hybridized carbons (Fsp3) is 0.167. The first-order chi connectivity index (χ1) is 12.3. The zero-order chi connectivity index (χ0) is 17.5.